The van der Waals surface area contributed by atoms with Crippen LogP contribution in [-0.2, 0) is 9.53 Å². The van der Waals surface area contributed by atoms with Crippen LogP contribution < -0.4 is 4.74 Å². The Morgan fingerprint density at radius 3 is 1.73 bits per heavy atom. The molecule has 40 heavy (non-hydrogen) atoms. The third-order valence-electron chi connectivity index (χ3n) is 6.16. The van der Waals surface area contributed by atoms with Gasteiger partial charge in [-0.25, -0.2) is 9.59 Å². The molecule has 4 rings (SSSR count). The molecule has 4 aromatic carbocycles. The van der Waals surface area contributed by atoms with Crippen LogP contribution in [0.25, 0.3) is 17.2 Å². The number of ether oxygens (including phenoxy) is 2. The van der Waals surface area contributed by atoms with Crippen molar-refractivity contribution in [3.63, 3.8) is 0 Å². The van der Waals surface area contributed by atoms with E-state index < -0.39 is 11.6 Å². The van der Waals surface area contributed by atoms with Crippen molar-refractivity contribution in [3.8, 4) is 5.75 Å². The zero-order valence-electron chi connectivity index (χ0n) is 23.4. The molecule has 0 spiro atoms. The topological polar surface area (TPSA) is 52.6 Å². The molecule has 0 unspecified atom stereocenters. The van der Waals surface area contributed by atoms with Crippen molar-refractivity contribution < 1.29 is 19.1 Å². The van der Waals surface area contributed by atoms with Crippen molar-refractivity contribution in [2.24, 2.45) is 0 Å². The molecule has 202 valence electrons. The Balaban J connectivity index is 1.66. The molecule has 0 heterocycles. The van der Waals surface area contributed by atoms with Gasteiger partial charge in [-0.3, -0.25) is 0 Å². The minimum atomic E-state index is -0.533. The van der Waals surface area contributed by atoms with Gasteiger partial charge in [0.25, 0.3) is 0 Å². The number of hydrogen-bond donors (Lipinski definition) is 0. The van der Waals surface area contributed by atoms with Crippen LogP contribution in [0.2, 0.25) is 0 Å². The number of rotatable bonds is 8. The number of carbonyl (C=O) groups is 2. The lowest BCUT2D eigenvalue weighted by Crippen LogP contribution is -2.22. The number of benzene rings is 4. The molecule has 0 saturated heterocycles. The SMILES string of the molecule is CCC(=C(c1ccc(C=CC(=O)OC(C)(C)C)cc1)c1ccc(OC(=O)c2ccccc2)cc1)c1ccccc1. The molecule has 0 radical (unpaired) electrons. The lowest BCUT2D eigenvalue weighted by Gasteiger charge is -2.18. The van der Waals surface area contributed by atoms with Crippen molar-refractivity contribution in [1.29, 1.82) is 0 Å². The third-order valence-corrected chi connectivity index (χ3v) is 6.16. The summed E-state index contributed by atoms with van der Waals surface area (Å²) in [6, 6.07) is 35.0. The summed E-state index contributed by atoms with van der Waals surface area (Å²) >= 11 is 0. The van der Waals surface area contributed by atoms with Crippen molar-refractivity contribution in [2.45, 2.75) is 39.7 Å². The van der Waals surface area contributed by atoms with Gasteiger partial charge in [0.1, 0.15) is 11.4 Å². The predicted octanol–water partition coefficient (Wildman–Crippen LogP) is 8.63. The summed E-state index contributed by atoms with van der Waals surface area (Å²) in [6.07, 6.45) is 4.04. The molecule has 4 aromatic rings. The van der Waals surface area contributed by atoms with Gasteiger partial charge in [-0.15, -0.1) is 0 Å². The van der Waals surface area contributed by atoms with E-state index in [1.165, 1.54) is 11.6 Å². The number of allylic oxidation sites excluding steroid dienone is 1. The molecular formula is C36H34O4. The highest BCUT2D eigenvalue weighted by molar-refractivity contribution is 5.99. The molecule has 0 fully saturated rings. The summed E-state index contributed by atoms with van der Waals surface area (Å²) in [5.41, 5.74) is 6.37. The first-order valence-electron chi connectivity index (χ1n) is 13.4. The van der Waals surface area contributed by atoms with Crippen LogP contribution in [-0.4, -0.2) is 17.5 Å². The molecular weight excluding hydrogens is 496 g/mol. The Bertz CT molecular complexity index is 1490. The van der Waals surface area contributed by atoms with Crippen molar-refractivity contribution in [2.75, 3.05) is 0 Å². The van der Waals surface area contributed by atoms with Gasteiger partial charge < -0.3 is 9.47 Å². The average molecular weight is 531 g/mol. The highest BCUT2D eigenvalue weighted by atomic mass is 16.6. The van der Waals surface area contributed by atoms with Crippen molar-refractivity contribution in [3.05, 3.63) is 143 Å². The first-order valence-corrected chi connectivity index (χ1v) is 13.4. The van der Waals surface area contributed by atoms with E-state index in [4.69, 9.17) is 9.47 Å². The molecule has 4 nitrogen and oxygen atoms in total. The van der Waals surface area contributed by atoms with Gasteiger partial charge in [0, 0.05) is 6.08 Å². The van der Waals surface area contributed by atoms with E-state index in [1.807, 2.05) is 93.6 Å². The van der Waals surface area contributed by atoms with E-state index in [9.17, 15) is 9.59 Å². The van der Waals surface area contributed by atoms with Gasteiger partial charge in [-0.1, -0.05) is 91.9 Å². The van der Waals surface area contributed by atoms with Crippen LogP contribution in [0.1, 0.15) is 66.7 Å². The fourth-order valence-corrected chi connectivity index (χ4v) is 4.37. The van der Waals surface area contributed by atoms with Gasteiger partial charge in [-0.2, -0.15) is 0 Å². The second-order valence-electron chi connectivity index (χ2n) is 10.3. The number of esters is 2. The zero-order chi connectivity index (χ0) is 28.5. The second kappa shape index (κ2) is 12.9. The highest BCUT2D eigenvalue weighted by Crippen LogP contribution is 2.35. The zero-order valence-corrected chi connectivity index (χ0v) is 23.4. The minimum absolute atomic E-state index is 0.373. The van der Waals surface area contributed by atoms with Crippen LogP contribution in [0.5, 0.6) is 5.75 Å². The van der Waals surface area contributed by atoms with Gasteiger partial charge in [-0.05, 0) is 90.9 Å². The van der Waals surface area contributed by atoms with Crippen LogP contribution in [0.3, 0.4) is 0 Å². The van der Waals surface area contributed by atoms with E-state index in [2.05, 4.69) is 31.2 Å². The maximum absolute atomic E-state index is 12.5. The Morgan fingerprint density at radius 2 is 1.20 bits per heavy atom. The highest BCUT2D eigenvalue weighted by Gasteiger charge is 2.15. The van der Waals surface area contributed by atoms with Gasteiger partial charge in [0.15, 0.2) is 0 Å². The Hall–Kier alpha value is -4.70. The van der Waals surface area contributed by atoms with E-state index in [1.54, 1.807) is 18.2 Å². The first kappa shape index (κ1) is 28.3. The number of hydrogen-bond acceptors (Lipinski definition) is 4. The van der Waals surface area contributed by atoms with Crippen LogP contribution in [0.4, 0.5) is 0 Å². The van der Waals surface area contributed by atoms with Crippen LogP contribution in [0, 0.1) is 0 Å². The molecule has 0 aromatic heterocycles. The lowest BCUT2D eigenvalue weighted by molar-refractivity contribution is -0.148. The standard InChI is InChI=1S/C36H34O4/c1-5-32(27-12-8-6-9-13-27)34(28-19-16-26(17-20-28)18-25-33(37)40-36(2,3)4)29-21-23-31(24-22-29)39-35(38)30-14-10-7-11-15-30/h6-25H,5H2,1-4H3. The second-order valence-corrected chi connectivity index (χ2v) is 10.3. The molecule has 4 heteroatoms. The van der Waals surface area contributed by atoms with E-state index >= 15 is 0 Å². The summed E-state index contributed by atoms with van der Waals surface area (Å²) in [6.45, 7) is 7.69. The number of carbonyl (C=O) groups excluding carboxylic acids is 2. The molecule has 0 bridgehead atoms. The minimum Gasteiger partial charge on any atom is -0.457 e. The fourth-order valence-electron chi connectivity index (χ4n) is 4.37. The molecule has 0 amide bonds. The molecule has 0 atom stereocenters. The van der Waals surface area contributed by atoms with Gasteiger partial charge in [0.05, 0.1) is 5.56 Å². The monoisotopic (exact) mass is 530 g/mol. The molecule has 0 aliphatic carbocycles. The fraction of sp³-hybridized carbons (Fsp3) is 0.167. The maximum atomic E-state index is 12.5. The van der Waals surface area contributed by atoms with E-state index in [-0.39, 0.29) is 5.97 Å². The Labute approximate surface area is 236 Å². The predicted molar refractivity (Wildman–Crippen MR) is 162 cm³/mol. The normalized spacial score (nSPS) is 12.1. The quantitative estimate of drug-likeness (QED) is 0.0990. The van der Waals surface area contributed by atoms with E-state index in [0.717, 1.165) is 34.2 Å². The summed E-state index contributed by atoms with van der Waals surface area (Å²) in [5.74, 6) is -0.280. The maximum Gasteiger partial charge on any atom is 0.343 e. The summed E-state index contributed by atoms with van der Waals surface area (Å²) in [5, 5.41) is 0. The smallest absolute Gasteiger partial charge is 0.343 e. The first-order chi connectivity index (χ1) is 19.2. The molecule has 0 saturated carbocycles. The van der Waals surface area contributed by atoms with Gasteiger partial charge in [0.2, 0.25) is 0 Å². The Morgan fingerprint density at radius 1 is 0.675 bits per heavy atom. The summed E-state index contributed by atoms with van der Waals surface area (Å²) < 4.78 is 11.0. The largest absolute Gasteiger partial charge is 0.457 e. The third kappa shape index (κ3) is 7.67. The van der Waals surface area contributed by atoms with Crippen molar-refractivity contribution in [1.82, 2.24) is 0 Å². The van der Waals surface area contributed by atoms with Gasteiger partial charge >= 0.3 is 11.9 Å². The summed E-state index contributed by atoms with van der Waals surface area (Å²) in [4.78, 5) is 24.6. The van der Waals surface area contributed by atoms with Crippen LogP contribution >= 0.6 is 0 Å². The van der Waals surface area contributed by atoms with E-state index in [0.29, 0.717) is 11.3 Å². The van der Waals surface area contributed by atoms with Crippen molar-refractivity contribution >= 4 is 29.2 Å². The molecule has 0 aliphatic rings. The average Bonchev–Trinajstić information content (AvgIpc) is 2.96. The summed E-state index contributed by atoms with van der Waals surface area (Å²) in [7, 11) is 0. The Kier molecular flexibility index (Phi) is 9.13. The molecule has 0 N–H and O–H groups in total. The lowest BCUT2D eigenvalue weighted by atomic mass is 9.88. The molecule has 0 aliphatic heterocycles. The van der Waals surface area contributed by atoms with Crippen LogP contribution in [0.15, 0.2) is 115 Å².